The van der Waals surface area contributed by atoms with Gasteiger partial charge in [0.2, 0.25) is 0 Å². The Balaban J connectivity index is 1.92. The van der Waals surface area contributed by atoms with Crippen molar-refractivity contribution < 1.29 is 9.47 Å². The van der Waals surface area contributed by atoms with Gasteiger partial charge in [0, 0.05) is 39.4 Å². The minimum Gasteiger partial charge on any atom is -0.381 e. The Morgan fingerprint density at radius 1 is 1.15 bits per heavy atom. The highest BCUT2D eigenvalue weighted by molar-refractivity contribution is 4.89. The second kappa shape index (κ2) is 7.74. The molecular formula is C16H32N2O2. The van der Waals surface area contributed by atoms with Gasteiger partial charge >= 0.3 is 0 Å². The molecule has 0 aromatic rings. The van der Waals surface area contributed by atoms with Crippen molar-refractivity contribution in [2.75, 3.05) is 45.9 Å². The van der Waals surface area contributed by atoms with Crippen LogP contribution in [-0.2, 0) is 9.47 Å². The number of rotatable bonds is 6. The standard InChI is InChI=1S/C16H32N2O2/c1-4-7-17-12-16(5-8-19-9-6-16)13-18-10-14(2)20-15(3)11-18/h14-15,17H,4-13H2,1-3H3/t14-,15+. The summed E-state index contributed by atoms with van der Waals surface area (Å²) in [6.07, 6.45) is 4.30. The number of hydrogen-bond acceptors (Lipinski definition) is 4. The number of morpholine rings is 1. The summed E-state index contributed by atoms with van der Waals surface area (Å²) in [5, 5.41) is 3.64. The molecule has 1 N–H and O–H groups in total. The summed E-state index contributed by atoms with van der Waals surface area (Å²) in [4.78, 5) is 2.61. The van der Waals surface area contributed by atoms with E-state index in [1.807, 2.05) is 0 Å². The van der Waals surface area contributed by atoms with Crippen molar-refractivity contribution in [3.05, 3.63) is 0 Å². The molecule has 2 fully saturated rings. The maximum absolute atomic E-state index is 5.86. The fourth-order valence-corrected chi connectivity index (χ4v) is 3.61. The molecule has 0 aliphatic carbocycles. The monoisotopic (exact) mass is 284 g/mol. The van der Waals surface area contributed by atoms with E-state index in [9.17, 15) is 0 Å². The van der Waals surface area contributed by atoms with Crippen LogP contribution >= 0.6 is 0 Å². The van der Waals surface area contributed by atoms with Crippen LogP contribution in [0.2, 0.25) is 0 Å². The van der Waals surface area contributed by atoms with E-state index in [4.69, 9.17) is 9.47 Å². The summed E-state index contributed by atoms with van der Waals surface area (Å²) in [6.45, 7) is 14.0. The van der Waals surface area contributed by atoms with Crippen LogP contribution in [0.1, 0.15) is 40.0 Å². The Morgan fingerprint density at radius 2 is 1.80 bits per heavy atom. The third-order valence-corrected chi connectivity index (χ3v) is 4.53. The van der Waals surface area contributed by atoms with E-state index >= 15 is 0 Å². The highest BCUT2D eigenvalue weighted by Gasteiger charge is 2.36. The van der Waals surface area contributed by atoms with Crippen molar-refractivity contribution in [3.8, 4) is 0 Å². The van der Waals surface area contributed by atoms with E-state index in [0.29, 0.717) is 17.6 Å². The lowest BCUT2D eigenvalue weighted by atomic mass is 9.79. The predicted molar refractivity (Wildman–Crippen MR) is 82.1 cm³/mol. The van der Waals surface area contributed by atoms with Gasteiger partial charge in [-0.3, -0.25) is 4.90 Å². The van der Waals surface area contributed by atoms with E-state index in [0.717, 1.165) is 39.4 Å². The van der Waals surface area contributed by atoms with Gasteiger partial charge in [-0.15, -0.1) is 0 Å². The Labute approximate surface area is 124 Å². The van der Waals surface area contributed by atoms with Gasteiger partial charge in [-0.25, -0.2) is 0 Å². The zero-order valence-electron chi connectivity index (χ0n) is 13.5. The van der Waals surface area contributed by atoms with Gasteiger partial charge in [-0.2, -0.15) is 0 Å². The molecule has 0 radical (unpaired) electrons. The predicted octanol–water partition coefficient (Wildman–Crippen LogP) is 1.89. The first-order valence-corrected chi connectivity index (χ1v) is 8.30. The quantitative estimate of drug-likeness (QED) is 0.755. The molecule has 2 heterocycles. The number of hydrogen-bond donors (Lipinski definition) is 1. The zero-order valence-corrected chi connectivity index (χ0v) is 13.5. The zero-order chi connectivity index (χ0) is 14.4. The van der Waals surface area contributed by atoms with Gasteiger partial charge in [0.15, 0.2) is 0 Å². The molecule has 118 valence electrons. The van der Waals surface area contributed by atoms with Crippen LogP contribution in [0.25, 0.3) is 0 Å². The first-order valence-electron chi connectivity index (χ1n) is 8.30. The molecular weight excluding hydrogens is 252 g/mol. The normalized spacial score (nSPS) is 31.4. The minimum atomic E-state index is 0.360. The van der Waals surface area contributed by atoms with E-state index in [-0.39, 0.29) is 0 Å². The summed E-state index contributed by atoms with van der Waals surface area (Å²) in [5.41, 5.74) is 0.393. The summed E-state index contributed by atoms with van der Waals surface area (Å²) in [7, 11) is 0. The average molecular weight is 284 g/mol. The maximum atomic E-state index is 5.86. The number of nitrogens with one attached hydrogen (secondary N) is 1. The number of nitrogens with zero attached hydrogens (tertiary/aromatic N) is 1. The highest BCUT2D eigenvalue weighted by Crippen LogP contribution is 2.32. The third-order valence-electron chi connectivity index (χ3n) is 4.53. The molecule has 20 heavy (non-hydrogen) atoms. The molecule has 2 saturated heterocycles. The van der Waals surface area contributed by atoms with Crippen molar-refractivity contribution >= 4 is 0 Å². The van der Waals surface area contributed by atoms with Crippen LogP contribution in [0, 0.1) is 5.41 Å². The van der Waals surface area contributed by atoms with E-state index < -0.39 is 0 Å². The Kier molecular flexibility index (Phi) is 6.27. The molecule has 0 unspecified atom stereocenters. The summed E-state index contributed by atoms with van der Waals surface area (Å²) in [6, 6.07) is 0. The Morgan fingerprint density at radius 3 is 2.40 bits per heavy atom. The maximum Gasteiger partial charge on any atom is 0.0678 e. The average Bonchev–Trinajstić information content (AvgIpc) is 2.38. The first kappa shape index (κ1) is 16.2. The Bertz CT molecular complexity index is 270. The topological polar surface area (TPSA) is 33.7 Å². The molecule has 0 saturated carbocycles. The van der Waals surface area contributed by atoms with Gasteiger partial charge in [0.1, 0.15) is 0 Å². The summed E-state index contributed by atoms with van der Waals surface area (Å²) >= 11 is 0. The van der Waals surface area contributed by atoms with E-state index in [1.165, 1.54) is 25.8 Å². The van der Waals surface area contributed by atoms with Crippen LogP contribution < -0.4 is 5.32 Å². The van der Waals surface area contributed by atoms with Crippen LogP contribution in [0.15, 0.2) is 0 Å². The fraction of sp³-hybridized carbons (Fsp3) is 1.00. The molecule has 2 rings (SSSR count). The Hall–Kier alpha value is -0.160. The fourth-order valence-electron chi connectivity index (χ4n) is 3.61. The SMILES string of the molecule is CCCNCC1(CN2C[C@@H](C)O[C@@H](C)C2)CCOCC1. The van der Waals surface area contributed by atoms with Gasteiger partial charge in [-0.05, 0) is 45.1 Å². The van der Waals surface area contributed by atoms with Crippen molar-refractivity contribution in [1.29, 1.82) is 0 Å². The molecule has 0 bridgehead atoms. The lowest BCUT2D eigenvalue weighted by Crippen LogP contribution is -2.53. The highest BCUT2D eigenvalue weighted by atomic mass is 16.5. The molecule has 0 aromatic heterocycles. The van der Waals surface area contributed by atoms with Crippen molar-refractivity contribution in [1.82, 2.24) is 10.2 Å². The van der Waals surface area contributed by atoms with Crippen molar-refractivity contribution in [2.45, 2.75) is 52.2 Å². The molecule has 0 amide bonds. The third kappa shape index (κ3) is 4.69. The molecule has 0 aromatic carbocycles. The lowest BCUT2D eigenvalue weighted by molar-refractivity contribution is -0.0875. The van der Waals surface area contributed by atoms with Gasteiger partial charge in [0.25, 0.3) is 0 Å². The van der Waals surface area contributed by atoms with Crippen LogP contribution in [-0.4, -0.2) is 63.0 Å². The molecule has 2 atom stereocenters. The van der Waals surface area contributed by atoms with Crippen LogP contribution in [0.4, 0.5) is 0 Å². The van der Waals surface area contributed by atoms with Crippen molar-refractivity contribution in [3.63, 3.8) is 0 Å². The first-order chi connectivity index (χ1) is 9.63. The molecule has 0 spiro atoms. The summed E-state index contributed by atoms with van der Waals surface area (Å²) < 4.78 is 11.4. The van der Waals surface area contributed by atoms with E-state index in [1.54, 1.807) is 0 Å². The molecule has 2 aliphatic heterocycles. The van der Waals surface area contributed by atoms with E-state index in [2.05, 4.69) is 31.0 Å². The lowest BCUT2D eigenvalue weighted by Gasteiger charge is -2.44. The molecule has 4 nitrogen and oxygen atoms in total. The van der Waals surface area contributed by atoms with Crippen LogP contribution in [0.5, 0.6) is 0 Å². The van der Waals surface area contributed by atoms with Gasteiger partial charge in [-0.1, -0.05) is 6.92 Å². The largest absolute Gasteiger partial charge is 0.381 e. The molecule has 4 heteroatoms. The molecule has 2 aliphatic rings. The smallest absolute Gasteiger partial charge is 0.0678 e. The van der Waals surface area contributed by atoms with Crippen molar-refractivity contribution in [2.24, 2.45) is 5.41 Å². The second-order valence-corrected chi connectivity index (χ2v) is 6.74. The second-order valence-electron chi connectivity index (χ2n) is 6.74. The van der Waals surface area contributed by atoms with Crippen LogP contribution in [0.3, 0.4) is 0 Å². The minimum absolute atomic E-state index is 0.360. The van der Waals surface area contributed by atoms with Gasteiger partial charge in [0.05, 0.1) is 12.2 Å². The van der Waals surface area contributed by atoms with Gasteiger partial charge < -0.3 is 14.8 Å². The summed E-state index contributed by atoms with van der Waals surface area (Å²) in [5.74, 6) is 0. The number of ether oxygens (including phenoxy) is 2.